The van der Waals surface area contributed by atoms with E-state index < -0.39 is 0 Å². The summed E-state index contributed by atoms with van der Waals surface area (Å²) in [6, 6.07) is 12.0. The van der Waals surface area contributed by atoms with E-state index in [0.29, 0.717) is 6.61 Å². The van der Waals surface area contributed by atoms with Crippen LogP contribution in [0.25, 0.3) is 11.1 Å². The Kier molecular flexibility index (Phi) is 9.54. The van der Waals surface area contributed by atoms with E-state index in [0.717, 1.165) is 60.4 Å². The number of nitrogens with zero attached hydrogens (tertiary/aromatic N) is 3. The Morgan fingerprint density at radius 1 is 1.10 bits per heavy atom. The molecule has 3 aromatic rings. The maximum atomic E-state index is 10.6. The summed E-state index contributed by atoms with van der Waals surface area (Å²) in [5.74, 6) is 1.80. The molecule has 0 aliphatic carbocycles. The van der Waals surface area contributed by atoms with Crippen LogP contribution in [0.5, 0.6) is 11.5 Å². The van der Waals surface area contributed by atoms with E-state index in [4.69, 9.17) is 4.74 Å². The third kappa shape index (κ3) is 6.79. The van der Waals surface area contributed by atoms with Crippen LogP contribution >= 0.6 is 0 Å². The molecule has 0 aliphatic heterocycles. The molecular formula is C24H32N4NaO2. The van der Waals surface area contributed by atoms with Crippen molar-refractivity contribution in [1.82, 2.24) is 20.6 Å². The summed E-state index contributed by atoms with van der Waals surface area (Å²) in [6.45, 7) is 9.08. The number of aromatic amines is 1. The molecule has 7 heteroatoms. The van der Waals surface area contributed by atoms with Crippen molar-refractivity contribution < 1.29 is 9.84 Å². The summed E-state index contributed by atoms with van der Waals surface area (Å²) < 4.78 is 6.03. The molecular weight excluding hydrogens is 399 g/mol. The van der Waals surface area contributed by atoms with Gasteiger partial charge in [0.25, 0.3) is 0 Å². The van der Waals surface area contributed by atoms with Crippen molar-refractivity contribution in [3.8, 4) is 22.6 Å². The van der Waals surface area contributed by atoms with Crippen molar-refractivity contribution >= 4 is 29.6 Å². The molecule has 2 aromatic carbocycles. The molecule has 1 aromatic heterocycles. The number of ether oxygens (including phenoxy) is 1. The predicted octanol–water partition coefficient (Wildman–Crippen LogP) is 4.98. The van der Waals surface area contributed by atoms with Gasteiger partial charge in [-0.2, -0.15) is 5.21 Å². The number of nitrogens with one attached hydrogen (secondary N) is 1. The van der Waals surface area contributed by atoms with Crippen LogP contribution < -0.4 is 4.74 Å². The number of benzene rings is 2. The quantitative estimate of drug-likeness (QED) is 0.349. The van der Waals surface area contributed by atoms with E-state index >= 15 is 0 Å². The van der Waals surface area contributed by atoms with Gasteiger partial charge in [-0.05, 0) is 43.4 Å². The Morgan fingerprint density at radius 3 is 2.58 bits per heavy atom. The smallest absolute Gasteiger partial charge is 0.180 e. The van der Waals surface area contributed by atoms with Crippen LogP contribution in [0.4, 0.5) is 0 Å². The summed E-state index contributed by atoms with van der Waals surface area (Å²) >= 11 is 0. The summed E-state index contributed by atoms with van der Waals surface area (Å²) in [6.07, 6.45) is 4.96. The average molecular weight is 432 g/mol. The van der Waals surface area contributed by atoms with Gasteiger partial charge in [0.2, 0.25) is 0 Å². The first-order valence-corrected chi connectivity index (χ1v) is 10.7. The Balaban J connectivity index is 0.00000341. The zero-order chi connectivity index (χ0) is 21.6. The van der Waals surface area contributed by atoms with Crippen LogP contribution in [-0.2, 0) is 11.8 Å². The van der Waals surface area contributed by atoms with E-state index in [1.54, 1.807) is 6.07 Å². The number of aromatic hydroxyl groups is 1. The van der Waals surface area contributed by atoms with E-state index in [1.165, 1.54) is 5.56 Å². The summed E-state index contributed by atoms with van der Waals surface area (Å²) in [7, 11) is 0. The molecule has 161 valence electrons. The van der Waals surface area contributed by atoms with E-state index in [1.807, 2.05) is 18.2 Å². The molecule has 2 N–H and O–H groups in total. The molecule has 0 aliphatic rings. The standard InChI is InChI=1S/C24H32N4O2.Na/c1-5-18-15-20(19-11-9-10-17(2)14-19)21(29)16-22(18)30-13-8-6-7-12-24(3,4)23-25-27-28-26-23;/h9-11,14-16,29H,5-8,12-13H2,1-4H3,(H,25,26,27,28);. The summed E-state index contributed by atoms with van der Waals surface area (Å²) in [5.41, 5.74) is 4.08. The largest absolute Gasteiger partial charge is 0.507 e. The molecule has 0 unspecified atom stereocenters. The van der Waals surface area contributed by atoms with Gasteiger partial charge < -0.3 is 9.84 Å². The molecule has 0 spiro atoms. The van der Waals surface area contributed by atoms with Crippen molar-refractivity contribution in [3.05, 3.63) is 53.3 Å². The van der Waals surface area contributed by atoms with Crippen LogP contribution in [0.1, 0.15) is 63.4 Å². The SMILES string of the molecule is CCc1cc(-c2cccc(C)c2)c(O)cc1OCCCCCC(C)(C)c1nn[nH]n1.[Na]. The molecule has 0 saturated carbocycles. The third-order valence-corrected chi connectivity index (χ3v) is 5.54. The Bertz CT molecular complexity index is 958. The molecule has 3 rings (SSSR count). The van der Waals surface area contributed by atoms with Crippen molar-refractivity contribution in [2.24, 2.45) is 0 Å². The normalized spacial score (nSPS) is 11.2. The topological polar surface area (TPSA) is 83.9 Å². The monoisotopic (exact) mass is 431 g/mol. The number of aryl methyl sites for hydroxylation is 2. The molecule has 6 nitrogen and oxygen atoms in total. The summed E-state index contributed by atoms with van der Waals surface area (Å²) in [4.78, 5) is 0. The molecule has 0 amide bonds. The maximum absolute atomic E-state index is 10.6. The number of hydrogen-bond acceptors (Lipinski definition) is 5. The van der Waals surface area contributed by atoms with Gasteiger partial charge in [-0.3, -0.25) is 0 Å². The molecule has 0 saturated heterocycles. The Hall–Kier alpha value is -1.89. The van der Waals surface area contributed by atoms with Crippen molar-refractivity contribution in [2.75, 3.05) is 6.61 Å². The average Bonchev–Trinajstić information content (AvgIpc) is 3.26. The molecule has 1 radical (unpaired) electrons. The first kappa shape index (κ1) is 25.4. The molecule has 0 atom stereocenters. The van der Waals surface area contributed by atoms with Gasteiger partial charge in [-0.15, -0.1) is 10.2 Å². The first-order valence-electron chi connectivity index (χ1n) is 10.7. The fourth-order valence-corrected chi connectivity index (χ4v) is 3.66. The van der Waals surface area contributed by atoms with Crippen molar-refractivity contribution in [2.45, 2.75) is 65.2 Å². The molecule has 0 fully saturated rings. The Morgan fingerprint density at radius 2 is 1.90 bits per heavy atom. The van der Waals surface area contributed by atoms with Crippen molar-refractivity contribution in [1.29, 1.82) is 0 Å². The van der Waals surface area contributed by atoms with Gasteiger partial charge in [0.05, 0.1) is 6.61 Å². The summed E-state index contributed by atoms with van der Waals surface area (Å²) in [5, 5.41) is 25.0. The predicted molar refractivity (Wildman–Crippen MR) is 125 cm³/mol. The van der Waals surface area contributed by atoms with Gasteiger partial charge in [0.15, 0.2) is 5.82 Å². The van der Waals surface area contributed by atoms with Gasteiger partial charge in [0, 0.05) is 46.6 Å². The zero-order valence-electron chi connectivity index (χ0n) is 19.4. The minimum absolute atomic E-state index is 0. The number of phenolic OH excluding ortho intramolecular Hbond substituents is 1. The van der Waals surface area contributed by atoms with Crippen LogP contribution in [0.2, 0.25) is 0 Å². The maximum Gasteiger partial charge on any atom is 0.180 e. The fourth-order valence-electron chi connectivity index (χ4n) is 3.66. The number of unbranched alkanes of at least 4 members (excludes halogenated alkanes) is 2. The van der Waals surface area contributed by atoms with Gasteiger partial charge in [-0.25, -0.2) is 0 Å². The fraction of sp³-hybridized carbons (Fsp3) is 0.458. The van der Waals surface area contributed by atoms with Crippen LogP contribution in [0, 0.1) is 6.92 Å². The van der Waals surface area contributed by atoms with Crippen molar-refractivity contribution in [3.63, 3.8) is 0 Å². The number of rotatable bonds is 10. The zero-order valence-corrected chi connectivity index (χ0v) is 21.4. The minimum atomic E-state index is -0.0827. The third-order valence-electron chi connectivity index (χ3n) is 5.54. The second kappa shape index (κ2) is 11.7. The van der Waals surface area contributed by atoms with Crippen LogP contribution in [0.15, 0.2) is 36.4 Å². The number of aromatic nitrogens is 4. The number of H-pyrrole nitrogens is 1. The number of phenols is 1. The van der Waals surface area contributed by atoms with Crippen LogP contribution in [-0.4, -0.2) is 61.9 Å². The van der Waals surface area contributed by atoms with Gasteiger partial charge >= 0.3 is 0 Å². The van der Waals surface area contributed by atoms with Gasteiger partial charge in [-0.1, -0.05) is 68.7 Å². The molecule has 1 heterocycles. The molecule has 31 heavy (non-hydrogen) atoms. The van der Waals surface area contributed by atoms with E-state index in [9.17, 15) is 5.11 Å². The van der Waals surface area contributed by atoms with Gasteiger partial charge in [0.1, 0.15) is 11.5 Å². The molecule has 0 bridgehead atoms. The second-order valence-electron chi connectivity index (χ2n) is 8.48. The van der Waals surface area contributed by atoms with E-state index in [2.05, 4.69) is 60.5 Å². The van der Waals surface area contributed by atoms with E-state index in [-0.39, 0.29) is 40.7 Å². The van der Waals surface area contributed by atoms with Crippen LogP contribution in [0.3, 0.4) is 0 Å². The Labute approximate surface area is 207 Å². The number of hydrogen-bond donors (Lipinski definition) is 2. The minimum Gasteiger partial charge on any atom is -0.507 e. The second-order valence-corrected chi connectivity index (χ2v) is 8.48. The first-order chi connectivity index (χ1) is 14.4. The number of tetrazole rings is 1.